The number of hydrogen-bond acceptors (Lipinski definition) is 2. The first-order valence-corrected chi connectivity index (χ1v) is 31.3. The predicted molar refractivity (Wildman–Crippen MR) is 366 cm³/mol. The minimum absolute atomic E-state index is 0.0569. The van der Waals surface area contributed by atoms with Crippen LogP contribution in [0.25, 0.3) is 87.8 Å². The molecule has 0 amide bonds. The van der Waals surface area contributed by atoms with Gasteiger partial charge in [-0.1, -0.05) is 246 Å². The molecule has 2 aliphatic rings. The number of hydrogen-bond donors (Lipinski definition) is 0. The third kappa shape index (κ3) is 8.35. The molecule has 0 bridgehead atoms. The van der Waals surface area contributed by atoms with E-state index in [0.717, 1.165) is 49.7 Å². The van der Waals surface area contributed by atoms with E-state index in [0.29, 0.717) is 27.1 Å². The fourth-order valence-corrected chi connectivity index (χ4v) is 14.7. The van der Waals surface area contributed by atoms with Crippen molar-refractivity contribution in [1.82, 2.24) is 8.97 Å². The van der Waals surface area contributed by atoms with Gasteiger partial charge in [-0.25, -0.2) is 0 Å². The zero-order chi connectivity index (χ0) is 61.0. The highest BCUT2D eigenvalue weighted by atomic mass is 16.1. The lowest BCUT2D eigenvalue weighted by molar-refractivity contribution is 0.589. The lowest BCUT2D eigenvalue weighted by Gasteiger charge is -2.24. The third-order valence-corrected chi connectivity index (χ3v) is 19.8. The molecule has 432 valence electrons. The maximum Gasteiger partial charge on any atom is 0.197 e. The van der Waals surface area contributed by atoms with E-state index >= 15 is 9.59 Å². The second-order valence-corrected chi connectivity index (χ2v) is 31.7. The molecule has 4 heteroatoms. The van der Waals surface area contributed by atoms with E-state index in [1.54, 1.807) is 0 Å². The first kappa shape index (κ1) is 55.8. The Hall–Kier alpha value is -8.08. The van der Waals surface area contributed by atoms with Gasteiger partial charge in [-0.15, -0.1) is 0 Å². The zero-order valence-corrected chi connectivity index (χ0v) is 53.9. The van der Waals surface area contributed by atoms with Gasteiger partial charge >= 0.3 is 0 Å². The van der Waals surface area contributed by atoms with Crippen LogP contribution in [0, 0.1) is 0 Å². The molecule has 3 heterocycles. The summed E-state index contributed by atoms with van der Waals surface area (Å²) in [5.41, 5.74) is 24.4. The number of nitrogens with zero attached hydrogens (tertiary/aromatic N) is 2. The van der Waals surface area contributed by atoms with Crippen LogP contribution in [-0.2, 0) is 32.5 Å². The molecule has 0 radical (unpaired) electrons. The number of para-hydroxylation sites is 2. The van der Waals surface area contributed by atoms with E-state index in [9.17, 15) is 0 Å². The van der Waals surface area contributed by atoms with E-state index < -0.39 is 0 Å². The number of aromatic nitrogens is 2. The SMILES string of the molecule is CC(C)(C)c1ccc2c(c1)-c1cc(C(C)(C)C)ccc1C2c1cccc2c3cccc(C4c5ccc(C(C)(C)C)cc5-c5cc(C(C)(C)C)ccc54)c3n(-c3cc4c(=O)c5cc(C(C)(C)C)ccc5n5c6ccc(C(C)(C)C)cc6c(=O)c(c3)c45)c12. The number of pyridine rings is 2. The van der Waals surface area contributed by atoms with E-state index in [4.69, 9.17) is 0 Å². The summed E-state index contributed by atoms with van der Waals surface area (Å²) in [6.45, 7) is 40.9. The summed E-state index contributed by atoms with van der Waals surface area (Å²) in [5, 5.41) is 4.60. The first-order chi connectivity index (χ1) is 40.3. The summed E-state index contributed by atoms with van der Waals surface area (Å²) in [5.74, 6) is -0.254. The highest BCUT2D eigenvalue weighted by molar-refractivity contribution is 6.14. The van der Waals surface area contributed by atoms with Gasteiger partial charge in [0.1, 0.15) is 0 Å². The number of benzene rings is 9. The van der Waals surface area contributed by atoms with Gasteiger partial charge in [0, 0.05) is 49.8 Å². The van der Waals surface area contributed by atoms with Crippen molar-refractivity contribution in [2.45, 2.75) is 169 Å². The van der Waals surface area contributed by atoms with Crippen LogP contribution >= 0.6 is 0 Å². The molecule has 0 unspecified atom stereocenters. The number of fused-ring (bicyclic) bond motifs is 13. The van der Waals surface area contributed by atoms with Gasteiger partial charge in [0.25, 0.3) is 0 Å². The average Bonchev–Trinajstić information content (AvgIpc) is 1.24. The molecule has 12 aromatic rings. The molecule has 0 N–H and O–H groups in total. The Morgan fingerprint density at radius 3 is 0.872 bits per heavy atom. The molecule has 0 saturated carbocycles. The monoisotopic (exact) mass is 1130 g/mol. The molecule has 0 fully saturated rings. The summed E-state index contributed by atoms with van der Waals surface area (Å²) in [6.07, 6.45) is 0. The fraction of sp³-hybridized carbons (Fsp3) is 0.317. The van der Waals surface area contributed by atoms with Gasteiger partial charge in [0.2, 0.25) is 0 Å². The van der Waals surface area contributed by atoms with E-state index in [1.165, 1.54) is 77.9 Å². The standard InChI is InChI=1S/C82H82N2O2/c1-77(2,3)45-25-31-52-60(37-45)61-38-46(78(4,5)6)26-32-53(61)70(52)58-23-19-21-56-57-22-20-24-59(71-54-33-27-47(79(7,8)9)39-62(54)63-40-48(80(10,11)12)28-34-55(63)71)73(57)83(72(56)58)51-43-66-74-67(44-51)76(86)65-42-50(82(16,17)18)30-36-69(65)84(74)68-35-29-49(81(13,14)15)41-64(68)75(66)85/h19-44,70-71H,1-18H3. The van der Waals surface area contributed by atoms with Gasteiger partial charge in [0.05, 0.1) is 27.6 Å². The molecule has 0 saturated heterocycles. The Bertz CT molecular complexity index is 4600. The molecule has 0 atom stereocenters. The summed E-state index contributed by atoms with van der Waals surface area (Å²) in [6, 6.07) is 59.7. The molecule has 4 nitrogen and oxygen atoms in total. The van der Waals surface area contributed by atoms with Crippen molar-refractivity contribution in [3.05, 3.63) is 245 Å². The second-order valence-electron chi connectivity index (χ2n) is 31.7. The van der Waals surface area contributed by atoms with Crippen LogP contribution in [0.5, 0.6) is 0 Å². The largest absolute Gasteiger partial charge is 0.309 e. The lowest BCUT2D eigenvalue weighted by atomic mass is 9.83. The molecule has 14 rings (SSSR count). The Morgan fingerprint density at radius 2 is 0.570 bits per heavy atom. The van der Waals surface area contributed by atoms with Crippen LogP contribution in [0.15, 0.2) is 167 Å². The Morgan fingerprint density at radius 1 is 0.279 bits per heavy atom. The fourth-order valence-electron chi connectivity index (χ4n) is 14.7. The average molecular weight is 1130 g/mol. The highest BCUT2D eigenvalue weighted by Crippen LogP contribution is 2.56. The molecule has 2 aliphatic carbocycles. The highest BCUT2D eigenvalue weighted by Gasteiger charge is 2.38. The number of rotatable bonds is 3. The van der Waals surface area contributed by atoms with Crippen molar-refractivity contribution in [3.8, 4) is 27.9 Å². The molecule has 3 aromatic heterocycles. The first-order valence-electron chi connectivity index (χ1n) is 31.3. The maximum absolute atomic E-state index is 16.0. The lowest BCUT2D eigenvalue weighted by Crippen LogP contribution is -2.18. The van der Waals surface area contributed by atoms with E-state index in [1.807, 2.05) is 0 Å². The quantitative estimate of drug-likeness (QED) is 0.131. The minimum atomic E-state index is -0.212. The third-order valence-electron chi connectivity index (χ3n) is 19.8. The minimum Gasteiger partial charge on any atom is -0.309 e. The second kappa shape index (κ2) is 18.2. The predicted octanol–water partition coefficient (Wildman–Crippen LogP) is 20.8. The molecule has 86 heavy (non-hydrogen) atoms. The van der Waals surface area contributed by atoms with Crippen LogP contribution in [0.3, 0.4) is 0 Å². The van der Waals surface area contributed by atoms with Crippen LogP contribution in [0.4, 0.5) is 0 Å². The summed E-state index contributed by atoms with van der Waals surface area (Å²) < 4.78 is 4.71. The Labute approximate surface area is 507 Å². The maximum atomic E-state index is 16.0. The van der Waals surface area contributed by atoms with Gasteiger partial charge in [-0.05, 0) is 158 Å². The van der Waals surface area contributed by atoms with Gasteiger partial charge in [-0.3, -0.25) is 9.59 Å². The molecular weight excluding hydrogens is 1040 g/mol. The van der Waals surface area contributed by atoms with Crippen LogP contribution < -0.4 is 10.9 Å². The van der Waals surface area contributed by atoms with Gasteiger partial charge in [-0.2, -0.15) is 0 Å². The van der Waals surface area contributed by atoms with Crippen molar-refractivity contribution in [3.63, 3.8) is 0 Å². The molecular formula is C82H82N2O2. The van der Waals surface area contributed by atoms with Crippen molar-refractivity contribution in [2.75, 3.05) is 0 Å². The molecule has 0 spiro atoms. The van der Waals surface area contributed by atoms with Crippen molar-refractivity contribution < 1.29 is 0 Å². The van der Waals surface area contributed by atoms with Crippen LogP contribution in [-0.4, -0.2) is 8.97 Å². The normalized spacial score (nSPS) is 14.4. The smallest absolute Gasteiger partial charge is 0.197 e. The summed E-state index contributed by atoms with van der Waals surface area (Å²) in [7, 11) is 0. The topological polar surface area (TPSA) is 43.5 Å². The van der Waals surface area contributed by atoms with Crippen LogP contribution in [0.2, 0.25) is 0 Å². The summed E-state index contributed by atoms with van der Waals surface area (Å²) >= 11 is 0. The van der Waals surface area contributed by atoms with Gasteiger partial charge in [0.15, 0.2) is 10.9 Å². The Kier molecular flexibility index (Phi) is 11.8. The molecule has 0 aliphatic heterocycles. The van der Waals surface area contributed by atoms with Crippen molar-refractivity contribution in [1.29, 1.82) is 0 Å². The molecule has 9 aromatic carbocycles. The van der Waals surface area contributed by atoms with Crippen molar-refractivity contribution >= 4 is 59.9 Å². The Balaban J connectivity index is 1.17. The zero-order valence-electron chi connectivity index (χ0n) is 53.9. The van der Waals surface area contributed by atoms with Crippen molar-refractivity contribution in [2.24, 2.45) is 0 Å². The van der Waals surface area contributed by atoms with E-state index in [2.05, 4.69) is 291 Å². The summed E-state index contributed by atoms with van der Waals surface area (Å²) in [4.78, 5) is 32.0. The van der Waals surface area contributed by atoms with Crippen LogP contribution in [0.1, 0.15) is 203 Å². The van der Waals surface area contributed by atoms with Gasteiger partial charge < -0.3 is 8.97 Å². The van der Waals surface area contributed by atoms with E-state index in [-0.39, 0.29) is 55.2 Å².